The van der Waals surface area contributed by atoms with E-state index in [4.69, 9.17) is 14.2 Å². The van der Waals surface area contributed by atoms with Gasteiger partial charge < -0.3 is 24.8 Å². The van der Waals surface area contributed by atoms with Crippen molar-refractivity contribution in [2.24, 2.45) is 4.99 Å². The SMILES string of the molecule is CN=C(NCCc1ccccc1OC)NCCc1cc(OC)ccc1OC.I. The van der Waals surface area contributed by atoms with Gasteiger partial charge in [-0.1, -0.05) is 18.2 Å². The van der Waals surface area contributed by atoms with Gasteiger partial charge in [0.25, 0.3) is 0 Å². The van der Waals surface area contributed by atoms with Gasteiger partial charge in [0.2, 0.25) is 0 Å². The van der Waals surface area contributed by atoms with Crippen LogP contribution in [0.5, 0.6) is 17.2 Å². The number of ether oxygens (including phenoxy) is 3. The van der Waals surface area contributed by atoms with Crippen molar-refractivity contribution in [1.29, 1.82) is 0 Å². The van der Waals surface area contributed by atoms with Gasteiger partial charge in [-0.05, 0) is 48.2 Å². The Kier molecular flexibility index (Phi) is 11.2. The second-order valence-electron chi connectivity index (χ2n) is 5.92. The third-order valence-electron chi connectivity index (χ3n) is 4.28. The quantitative estimate of drug-likeness (QED) is 0.315. The molecule has 2 aromatic carbocycles. The average molecular weight is 499 g/mol. The molecule has 2 aromatic rings. The molecule has 0 saturated heterocycles. The van der Waals surface area contributed by atoms with Crippen molar-refractivity contribution in [3.63, 3.8) is 0 Å². The van der Waals surface area contributed by atoms with Crippen molar-refractivity contribution in [1.82, 2.24) is 10.6 Å². The number of para-hydroxylation sites is 1. The Morgan fingerprint density at radius 1 is 0.821 bits per heavy atom. The van der Waals surface area contributed by atoms with Crippen LogP contribution < -0.4 is 24.8 Å². The second kappa shape index (κ2) is 13.1. The summed E-state index contributed by atoms with van der Waals surface area (Å²) in [4.78, 5) is 4.28. The molecule has 0 aliphatic rings. The Morgan fingerprint density at radius 3 is 2.04 bits per heavy atom. The summed E-state index contributed by atoms with van der Waals surface area (Å²) in [5.41, 5.74) is 2.26. The molecule has 154 valence electrons. The van der Waals surface area contributed by atoms with Gasteiger partial charge in [0.05, 0.1) is 21.3 Å². The van der Waals surface area contributed by atoms with Gasteiger partial charge in [0.15, 0.2) is 5.96 Å². The van der Waals surface area contributed by atoms with Crippen LogP contribution in [0.4, 0.5) is 0 Å². The fourth-order valence-electron chi connectivity index (χ4n) is 2.84. The van der Waals surface area contributed by atoms with E-state index in [-0.39, 0.29) is 24.0 Å². The number of hydrogen-bond acceptors (Lipinski definition) is 4. The second-order valence-corrected chi connectivity index (χ2v) is 5.92. The minimum Gasteiger partial charge on any atom is -0.497 e. The minimum atomic E-state index is 0. The van der Waals surface area contributed by atoms with Crippen LogP contribution in [0.1, 0.15) is 11.1 Å². The zero-order chi connectivity index (χ0) is 19.5. The van der Waals surface area contributed by atoms with E-state index < -0.39 is 0 Å². The molecule has 0 saturated carbocycles. The van der Waals surface area contributed by atoms with Gasteiger partial charge in [-0.25, -0.2) is 0 Å². The van der Waals surface area contributed by atoms with Crippen LogP contribution in [-0.2, 0) is 12.8 Å². The molecule has 0 atom stereocenters. The molecule has 0 aliphatic heterocycles. The largest absolute Gasteiger partial charge is 0.497 e. The van der Waals surface area contributed by atoms with Crippen LogP contribution >= 0.6 is 24.0 Å². The lowest BCUT2D eigenvalue weighted by atomic mass is 10.1. The molecule has 28 heavy (non-hydrogen) atoms. The molecule has 2 rings (SSSR count). The zero-order valence-corrected chi connectivity index (χ0v) is 19.3. The number of rotatable bonds is 9. The van der Waals surface area contributed by atoms with E-state index in [1.165, 1.54) is 5.56 Å². The molecule has 0 spiro atoms. The molecule has 0 amide bonds. The summed E-state index contributed by atoms with van der Waals surface area (Å²) in [6.07, 6.45) is 1.65. The van der Waals surface area contributed by atoms with Gasteiger partial charge in [-0.15, -0.1) is 24.0 Å². The first-order valence-corrected chi connectivity index (χ1v) is 8.99. The van der Waals surface area contributed by atoms with E-state index >= 15 is 0 Å². The monoisotopic (exact) mass is 499 g/mol. The molecule has 0 radical (unpaired) electrons. The zero-order valence-electron chi connectivity index (χ0n) is 17.0. The first-order chi connectivity index (χ1) is 13.2. The maximum absolute atomic E-state index is 5.42. The number of halogens is 1. The van der Waals surface area contributed by atoms with E-state index in [1.54, 1.807) is 28.4 Å². The fraction of sp³-hybridized carbons (Fsp3) is 0.381. The fourth-order valence-corrected chi connectivity index (χ4v) is 2.84. The summed E-state index contributed by atoms with van der Waals surface area (Å²) in [7, 11) is 6.80. The van der Waals surface area contributed by atoms with Gasteiger partial charge >= 0.3 is 0 Å². The third-order valence-corrected chi connectivity index (χ3v) is 4.28. The molecule has 0 unspecified atom stereocenters. The molecule has 7 heteroatoms. The van der Waals surface area contributed by atoms with E-state index in [1.807, 2.05) is 36.4 Å². The lowest BCUT2D eigenvalue weighted by Crippen LogP contribution is -2.39. The Hall–Kier alpha value is -2.16. The average Bonchev–Trinajstić information content (AvgIpc) is 2.72. The molecular formula is C21H30IN3O3. The number of hydrogen-bond donors (Lipinski definition) is 2. The number of guanidine groups is 1. The smallest absolute Gasteiger partial charge is 0.190 e. The van der Waals surface area contributed by atoms with Crippen molar-refractivity contribution in [2.45, 2.75) is 12.8 Å². The van der Waals surface area contributed by atoms with Crippen LogP contribution in [0.3, 0.4) is 0 Å². The number of methoxy groups -OCH3 is 3. The molecule has 0 fully saturated rings. The van der Waals surface area contributed by atoms with Crippen molar-refractivity contribution < 1.29 is 14.2 Å². The molecule has 0 heterocycles. The number of nitrogens with one attached hydrogen (secondary N) is 2. The van der Waals surface area contributed by atoms with E-state index in [9.17, 15) is 0 Å². The van der Waals surface area contributed by atoms with Gasteiger partial charge in [0.1, 0.15) is 17.2 Å². The Morgan fingerprint density at radius 2 is 1.43 bits per heavy atom. The van der Waals surface area contributed by atoms with Crippen molar-refractivity contribution in [3.05, 3.63) is 53.6 Å². The Bertz CT molecular complexity index is 753. The van der Waals surface area contributed by atoms with Gasteiger partial charge in [-0.3, -0.25) is 4.99 Å². The topological polar surface area (TPSA) is 64.1 Å². The Labute approximate surface area is 184 Å². The van der Waals surface area contributed by atoms with Gasteiger partial charge in [-0.2, -0.15) is 0 Å². The summed E-state index contributed by atoms with van der Waals surface area (Å²) in [5, 5.41) is 6.67. The van der Waals surface area contributed by atoms with E-state index in [2.05, 4.69) is 21.7 Å². The number of nitrogens with zero attached hydrogens (tertiary/aromatic N) is 1. The highest BCUT2D eigenvalue weighted by molar-refractivity contribution is 14.0. The summed E-state index contributed by atoms with van der Waals surface area (Å²) >= 11 is 0. The minimum absolute atomic E-state index is 0. The summed E-state index contributed by atoms with van der Waals surface area (Å²) in [6, 6.07) is 13.9. The predicted molar refractivity (Wildman–Crippen MR) is 125 cm³/mol. The number of benzene rings is 2. The van der Waals surface area contributed by atoms with Crippen LogP contribution in [0.2, 0.25) is 0 Å². The number of aliphatic imine (C=N–C) groups is 1. The lowest BCUT2D eigenvalue weighted by molar-refractivity contribution is 0.398. The third kappa shape index (κ3) is 7.10. The van der Waals surface area contributed by atoms with Crippen LogP contribution in [0.25, 0.3) is 0 Å². The Balaban J connectivity index is 0.00000392. The van der Waals surface area contributed by atoms with Crippen LogP contribution in [0.15, 0.2) is 47.5 Å². The van der Waals surface area contributed by atoms with E-state index in [0.29, 0.717) is 0 Å². The lowest BCUT2D eigenvalue weighted by Gasteiger charge is -2.14. The maximum atomic E-state index is 5.42. The normalized spacial score (nSPS) is 10.6. The highest BCUT2D eigenvalue weighted by Gasteiger charge is 2.06. The maximum Gasteiger partial charge on any atom is 0.190 e. The van der Waals surface area contributed by atoms with Crippen LogP contribution in [-0.4, -0.2) is 47.4 Å². The highest BCUT2D eigenvalue weighted by atomic mass is 127. The van der Waals surface area contributed by atoms with Gasteiger partial charge in [0, 0.05) is 20.1 Å². The molecular weight excluding hydrogens is 469 g/mol. The van der Waals surface area contributed by atoms with Crippen LogP contribution in [0, 0.1) is 0 Å². The molecule has 6 nitrogen and oxygen atoms in total. The first kappa shape index (κ1) is 23.9. The molecule has 2 N–H and O–H groups in total. The van der Waals surface area contributed by atoms with E-state index in [0.717, 1.165) is 54.7 Å². The van der Waals surface area contributed by atoms with Crippen molar-refractivity contribution >= 4 is 29.9 Å². The summed E-state index contributed by atoms with van der Waals surface area (Å²) in [5.74, 6) is 3.36. The first-order valence-electron chi connectivity index (χ1n) is 8.99. The molecule has 0 aliphatic carbocycles. The highest BCUT2D eigenvalue weighted by Crippen LogP contribution is 2.24. The predicted octanol–water partition coefficient (Wildman–Crippen LogP) is 3.28. The molecule has 0 bridgehead atoms. The van der Waals surface area contributed by atoms with Crippen molar-refractivity contribution in [3.8, 4) is 17.2 Å². The molecule has 0 aromatic heterocycles. The van der Waals surface area contributed by atoms with Crippen molar-refractivity contribution in [2.75, 3.05) is 41.5 Å². The summed E-state index contributed by atoms with van der Waals surface area (Å²) in [6.45, 7) is 1.50. The summed E-state index contributed by atoms with van der Waals surface area (Å²) < 4.78 is 16.1. The standard InChI is InChI=1S/C21H29N3O3.HI/c1-22-21(23-13-11-16-7-5-6-8-19(16)26-3)24-14-12-17-15-18(25-2)9-10-20(17)27-4;/h5-10,15H,11-14H2,1-4H3,(H2,22,23,24);1H.